The van der Waals surface area contributed by atoms with Crippen LogP contribution in [0.4, 0.5) is 0 Å². The van der Waals surface area contributed by atoms with Gasteiger partial charge in [0, 0.05) is 10.9 Å². The number of carbonyl (C=O) groups is 1. The zero-order valence-corrected chi connectivity index (χ0v) is 12.4. The van der Waals surface area contributed by atoms with Gasteiger partial charge in [-0.2, -0.15) is 0 Å². The summed E-state index contributed by atoms with van der Waals surface area (Å²) in [4.78, 5) is 11.3. The Balaban J connectivity index is 2.64. The van der Waals surface area contributed by atoms with Gasteiger partial charge in [-0.05, 0) is 38.1 Å². The zero-order valence-electron chi connectivity index (χ0n) is 10.8. The van der Waals surface area contributed by atoms with Crippen LogP contribution in [0.5, 0.6) is 5.75 Å². The van der Waals surface area contributed by atoms with E-state index < -0.39 is 17.6 Å². The number of hydrogen-bond acceptors (Lipinski definition) is 4. The number of carbonyl (C=O) groups excluding carboxylic acids is 1. The second-order valence-corrected chi connectivity index (χ2v) is 5.57. The van der Waals surface area contributed by atoms with E-state index in [1.165, 1.54) is 7.11 Å². The quantitative estimate of drug-likeness (QED) is 0.848. The highest BCUT2D eigenvalue weighted by Gasteiger charge is 2.27. The Kier molecular flexibility index (Phi) is 5.16. The molecular formula is C13H18BrNO3. The zero-order chi connectivity index (χ0) is 13.8. The molecule has 0 heterocycles. The summed E-state index contributed by atoms with van der Waals surface area (Å²) in [6.07, 6.45) is 0.385. The molecule has 5 heteroatoms. The molecule has 0 aliphatic heterocycles. The average Bonchev–Trinajstić information content (AvgIpc) is 2.30. The predicted molar refractivity (Wildman–Crippen MR) is 73.5 cm³/mol. The normalized spacial score (nSPS) is 12.9. The van der Waals surface area contributed by atoms with Crippen LogP contribution >= 0.6 is 15.9 Å². The summed E-state index contributed by atoms with van der Waals surface area (Å²) in [5.41, 5.74) is 5.19. The number of ether oxygens (including phenoxy) is 2. The van der Waals surface area contributed by atoms with E-state index in [0.29, 0.717) is 6.42 Å². The number of methoxy groups -OCH3 is 1. The standard InChI is InChI=1S/C13H18BrNO3/c1-13(2,8-11(15)12(16)17-3)18-10-6-4-9(14)5-7-10/h4-7,11H,8,15H2,1-3H3. The van der Waals surface area contributed by atoms with Crippen LogP contribution in [0.3, 0.4) is 0 Å². The minimum absolute atomic E-state index is 0.385. The Morgan fingerprint density at radius 3 is 2.44 bits per heavy atom. The molecule has 1 aromatic carbocycles. The number of rotatable bonds is 5. The SMILES string of the molecule is COC(=O)C(N)CC(C)(C)Oc1ccc(Br)cc1. The Bertz CT molecular complexity index is 403. The monoisotopic (exact) mass is 315 g/mol. The molecule has 0 aliphatic rings. The van der Waals surface area contributed by atoms with E-state index in [-0.39, 0.29) is 0 Å². The first-order valence-corrected chi connectivity index (χ1v) is 6.41. The largest absolute Gasteiger partial charge is 0.488 e. The molecular weight excluding hydrogens is 298 g/mol. The number of esters is 1. The summed E-state index contributed by atoms with van der Waals surface area (Å²) in [6.45, 7) is 3.77. The first-order chi connectivity index (χ1) is 8.34. The maximum Gasteiger partial charge on any atom is 0.322 e. The second-order valence-electron chi connectivity index (χ2n) is 4.65. The van der Waals surface area contributed by atoms with Crippen molar-refractivity contribution in [3.8, 4) is 5.75 Å². The number of hydrogen-bond donors (Lipinski definition) is 1. The predicted octanol–water partition coefficient (Wildman–Crippen LogP) is 2.50. The van der Waals surface area contributed by atoms with E-state index in [9.17, 15) is 4.79 Å². The van der Waals surface area contributed by atoms with Crippen LogP contribution in [0.2, 0.25) is 0 Å². The summed E-state index contributed by atoms with van der Waals surface area (Å²) in [5.74, 6) is 0.308. The molecule has 0 aromatic heterocycles. The Morgan fingerprint density at radius 2 is 1.94 bits per heavy atom. The minimum atomic E-state index is -0.680. The third kappa shape index (κ3) is 4.66. The summed E-state index contributed by atoms with van der Waals surface area (Å²) in [6, 6.07) is 6.82. The third-order valence-electron chi connectivity index (χ3n) is 2.42. The molecule has 0 bridgehead atoms. The number of halogens is 1. The van der Waals surface area contributed by atoms with E-state index in [1.807, 2.05) is 38.1 Å². The van der Waals surface area contributed by atoms with Crippen LogP contribution in [0.15, 0.2) is 28.7 Å². The molecule has 0 radical (unpaired) electrons. The molecule has 0 spiro atoms. The van der Waals surface area contributed by atoms with Gasteiger partial charge in [-0.3, -0.25) is 4.79 Å². The lowest BCUT2D eigenvalue weighted by molar-refractivity contribution is -0.143. The van der Waals surface area contributed by atoms with Crippen molar-refractivity contribution in [1.29, 1.82) is 0 Å². The fourth-order valence-electron chi connectivity index (χ4n) is 1.63. The van der Waals surface area contributed by atoms with Gasteiger partial charge < -0.3 is 15.2 Å². The lowest BCUT2D eigenvalue weighted by Crippen LogP contribution is -2.41. The molecule has 100 valence electrons. The number of benzene rings is 1. The van der Waals surface area contributed by atoms with Crippen LogP contribution < -0.4 is 10.5 Å². The van der Waals surface area contributed by atoms with Gasteiger partial charge in [0.2, 0.25) is 0 Å². The van der Waals surface area contributed by atoms with Gasteiger partial charge in [0.15, 0.2) is 0 Å². The molecule has 0 saturated heterocycles. The maximum absolute atomic E-state index is 11.3. The van der Waals surface area contributed by atoms with Gasteiger partial charge in [0.05, 0.1) is 7.11 Å². The lowest BCUT2D eigenvalue weighted by Gasteiger charge is -2.28. The van der Waals surface area contributed by atoms with Crippen molar-refractivity contribution in [1.82, 2.24) is 0 Å². The summed E-state index contributed by atoms with van der Waals surface area (Å²) in [7, 11) is 1.32. The maximum atomic E-state index is 11.3. The Labute approximate surface area is 116 Å². The first-order valence-electron chi connectivity index (χ1n) is 5.62. The van der Waals surface area contributed by atoms with E-state index >= 15 is 0 Å². The van der Waals surface area contributed by atoms with Gasteiger partial charge in [0.1, 0.15) is 17.4 Å². The molecule has 1 rings (SSSR count). The molecule has 1 atom stereocenters. The van der Waals surface area contributed by atoms with E-state index in [0.717, 1.165) is 10.2 Å². The fraction of sp³-hybridized carbons (Fsp3) is 0.462. The first kappa shape index (κ1) is 15.0. The third-order valence-corrected chi connectivity index (χ3v) is 2.95. The lowest BCUT2D eigenvalue weighted by atomic mass is 9.99. The van der Waals surface area contributed by atoms with Crippen LogP contribution in [-0.4, -0.2) is 24.7 Å². The van der Waals surface area contributed by atoms with Crippen molar-refractivity contribution in [3.63, 3.8) is 0 Å². The van der Waals surface area contributed by atoms with Crippen molar-refractivity contribution in [2.24, 2.45) is 5.73 Å². The van der Waals surface area contributed by atoms with E-state index in [2.05, 4.69) is 20.7 Å². The Hall–Kier alpha value is -1.07. The molecule has 18 heavy (non-hydrogen) atoms. The Morgan fingerprint density at radius 1 is 1.39 bits per heavy atom. The second kappa shape index (κ2) is 6.20. The topological polar surface area (TPSA) is 61.5 Å². The van der Waals surface area contributed by atoms with Crippen molar-refractivity contribution in [2.75, 3.05) is 7.11 Å². The average molecular weight is 316 g/mol. The molecule has 0 amide bonds. The molecule has 1 unspecified atom stereocenters. The van der Waals surface area contributed by atoms with Crippen LogP contribution in [-0.2, 0) is 9.53 Å². The fourth-order valence-corrected chi connectivity index (χ4v) is 1.89. The van der Waals surface area contributed by atoms with Gasteiger partial charge in [0.25, 0.3) is 0 Å². The van der Waals surface area contributed by atoms with Gasteiger partial charge in [-0.25, -0.2) is 0 Å². The van der Waals surface area contributed by atoms with Crippen molar-refractivity contribution in [2.45, 2.75) is 31.9 Å². The van der Waals surface area contributed by atoms with Gasteiger partial charge in [-0.1, -0.05) is 15.9 Å². The van der Waals surface area contributed by atoms with Crippen LogP contribution in [0.25, 0.3) is 0 Å². The highest BCUT2D eigenvalue weighted by molar-refractivity contribution is 9.10. The van der Waals surface area contributed by atoms with Gasteiger partial charge >= 0.3 is 5.97 Å². The van der Waals surface area contributed by atoms with Crippen molar-refractivity contribution >= 4 is 21.9 Å². The van der Waals surface area contributed by atoms with Gasteiger partial charge in [-0.15, -0.1) is 0 Å². The van der Waals surface area contributed by atoms with Crippen molar-refractivity contribution in [3.05, 3.63) is 28.7 Å². The molecule has 2 N–H and O–H groups in total. The highest BCUT2D eigenvalue weighted by Crippen LogP contribution is 2.23. The molecule has 1 aromatic rings. The van der Waals surface area contributed by atoms with E-state index in [1.54, 1.807) is 0 Å². The summed E-state index contributed by atoms with van der Waals surface area (Å²) < 4.78 is 11.4. The smallest absolute Gasteiger partial charge is 0.322 e. The molecule has 0 aliphatic carbocycles. The minimum Gasteiger partial charge on any atom is -0.488 e. The van der Waals surface area contributed by atoms with E-state index in [4.69, 9.17) is 10.5 Å². The molecule has 0 saturated carbocycles. The van der Waals surface area contributed by atoms with Crippen molar-refractivity contribution < 1.29 is 14.3 Å². The van der Waals surface area contributed by atoms with Crippen LogP contribution in [0.1, 0.15) is 20.3 Å². The number of nitrogens with two attached hydrogens (primary N) is 1. The summed E-state index contributed by atoms with van der Waals surface area (Å²) in [5, 5.41) is 0. The highest BCUT2D eigenvalue weighted by atomic mass is 79.9. The molecule has 4 nitrogen and oxygen atoms in total. The summed E-state index contributed by atoms with van der Waals surface area (Å²) >= 11 is 3.36. The molecule has 0 fully saturated rings. The van der Waals surface area contributed by atoms with Crippen LogP contribution in [0, 0.1) is 0 Å².